The Balaban J connectivity index is 1.35. The maximum Gasteiger partial charge on any atom is 0.258 e. The predicted molar refractivity (Wildman–Crippen MR) is 122 cm³/mol. The molecule has 0 bridgehead atoms. The van der Waals surface area contributed by atoms with Crippen LogP contribution in [0.5, 0.6) is 5.75 Å². The van der Waals surface area contributed by atoms with Crippen LogP contribution in [-0.4, -0.2) is 51.5 Å². The third-order valence-corrected chi connectivity index (χ3v) is 7.38. The van der Waals surface area contributed by atoms with Crippen LogP contribution in [0, 0.1) is 0 Å². The lowest BCUT2D eigenvalue weighted by Crippen LogP contribution is -2.40. The highest BCUT2D eigenvalue weighted by atomic mass is 32.2. The average molecular weight is 455 g/mol. The maximum absolute atomic E-state index is 12.7. The molecular formula is C24H26N2O5S. The number of carbonyl (C=O) groups excluding carboxylic acids is 1. The Morgan fingerprint density at radius 3 is 2.47 bits per heavy atom. The summed E-state index contributed by atoms with van der Waals surface area (Å²) in [5.74, 6) is 0.175. The fraction of sp³-hybridized carbons (Fsp3) is 0.292. The molecule has 0 aromatic heterocycles. The van der Waals surface area contributed by atoms with Gasteiger partial charge in [-0.1, -0.05) is 42.5 Å². The number of benzene rings is 3. The minimum Gasteiger partial charge on any atom is -0.484 e. The van der Waals surface area contributed by atoms with Crippen LogP contribution in [0.4, 0.5) is 0 Å². The molecule has 0 aliphatic carbocycles. The highest BCUT2D eigenvalue weighted by molar-refractivity contribution is 7.89. The van der Waals surface area contributed by atoms with Crippen molar-refractivity contribution >= 4 is 26.7 Å². The van der Waals surface area contributed by atoms with Crippen LogP contribution in [0.1, 0.15) is 18.5 Å². The van der Waals surface area contributed by atoms with Crippen molar-refractivity contribution in [2.24, 2.45) is 0 Å². The highest BCUT2D eigenvalue weighted by Gasteiger charge is 2.26. The Morgan fingerprint density at radius 2 is 1.72 bits per heavy atom. The molecule has 1 saturated heterocycles. The molecule has 0 spiro atoms. The van der Waals surface area contributed by atoms with Crippen LogP contribution in [-0.2, 0) is 19.6 Å². The molecule has 1 aliphatic heterocycles. The normalized spacial score (nSPS) is 15.9. The molecule has 1 atom stereocenters. The number of ether oxygens (including phenoxy) is 2. The minimum atomic E-state index is -3.56. The summed E-state index contributed by atoms with van der Waals surface area (Å²) in [7, 11) is -3.56. The van der Waals surface area contributed by atoms with Crippen molar-refractivity contribution in [3.63, 3.8) is 0 Å². The molecule has 1 fully saturated rings. The minimum absolute atomic E-state index is 0.162. The summed E-state index contributed by atoms with van der Waals surface area (Å²) in [6.45, 7) is 3.25. The van der Waals surface area contributed by atoms with Crippen molar-refractivity contribution in [1.82, 2.24) is 9.62 Å². The zero-order valence-electron chi connectivity index (χ0n) is 17.9. The van der Waals surface area contributed by atoms with Gasteiger partial charge in [-0.25, -0.2) is 8.42 Å². The number of carbonyl (C=O) groups is 1. The van der Waals surface area contributed by atoms with Gasteiger partial charge in [0.2, 0.25) is 10.0 Å². The first-order valence-electron chi connectivity index (χ1n) is 10.5. The SMILES string of the molecule is CC(NC(=O)COc1ccc(S(=O)(=O)N2CCOCC2)cc1)c1cccc2ccccc12. The second kappa shape index (κ2) is 9.68. The summed E-state index contributed by atoms with van der Waals surface area (Å²) in [4.78, 5) is 12.6. The standard InChI is InChI=1S/C24H26N2O5S/c1-18(22-8-4-6-19-5-2-3-7-23(19)22)25-24(27)17-31-20-9-11-21(12-10-20)32(28,29)26-13-15-30-16-14-26/h2-12,18H,13-17H2,1H3,(H,25,27). The summed E-state index contributed by atoms with van der Waals surface area (Å²) in [5, 5.41) is 5.18. The van der Waals surface area contributed by atoms with Gasteiger partial charge in [-0.15, -0.1) is 0 Å². The van der Waals surface area contributed by atoms with E-state index in [9.17, 15) is 13.2 Å². The van der Waals surface area contributed by atoms with Gasteiger partial charge in [0.15, 0.2) is 6.61 Å². The third kappa shape index (κ3) is 4.93. The van der Waals surface area contributed by atoms with Crippen molar-refractivity contribution in [3.8, 4) is 5.75 Å². The Hall–Kier alpha value is -2.94. The molecule has 4 rings (SSSR count). The molecule has 1 N–H and O–H groups in total. The van der Waals surface area contributed by atoms with Crippen LogP contribution < -0.4 is 10.1 Å². The molecule has 1 unspecified atom stereocenters. The summed E-state index contributed by atoms with van der Waals surface area (Å²) < 4.78 is 37.6. The summed E-state index contributed by atoms with van der Waals surface area (Å²) in [5.41, 5.74) is 1.04. The van der Waals surface area contributed by atoms with E-state index < -0.39 is 10.0 Å². The number of morpholine rings is 1. The largest absolute Gasteiger partial charge is 0.484 e. The second-order valence-corrected chi connectivity index (χ2v) is 9.57. The van der Waals surface area contributed by atoms with Crippen molar-refractivity contribution in [2.45, 2.75) is 17.9 Å². The lowest BCUT2D eigenvalue weighted by atomic mass is 10.00. The predicted octanol–water partition coefficient (Wildman–Crippen LogP) is 3.12. The first-order chi connectivity index (χ1) is 15.4. The Bertz CT molecular complexity index is 1180. The van der Waals surface area contributed by atoms with Crippen molar-refractivity contribution < 1.29 is 22.7 Å². The zero-order valence-corrected chi connectivity index (χ0v) is 18.7. The fourth-order valence-electron chi connectivity index (χ4n) is 3.78. The van der Waals surface area contributed by atoms with E-state index >= 15 is 0 Å². The van der Waals surface area contributed by atoms with Gasteiger partial charge in [0, 0.05) is 13.1 Å². The van der Waals surface area contributed by atoms with Gasteiger partial charge >= 0.3 is 0 Å². The quantitative estimate of drug-likeness (QED) is 0.593. The van der Waals surface area contributed by atoms with Gasteiger partial charge in [0.25, 0.3) is 5.91 Å². The first-order valence-corrected chi connectivity index (χ1v) is 12.0. The van der Waals surface area contributed by atoms with Crippen LogP contribution in [0.2, 0.25) is 0 Å². The topological polar surface area (TPSA) is 84.9 Å². The molecular weight excluding hydrogens is 428 g/mol. The first kappa shape index (κ1) is 22.3. The molecule has 1 heterocycles. The maximum atomic E-state index is 12.7. The number of nitrogens with one attached hydrogen (secondary N) is 1. The van der Waals surface area contributed by atoms with E-state index in [2.05, 4.69) is 5.32 Å². The van der Waals surface area contributed by atoms with Gasteiger partial charge in [0.05, 0.1) is 24.2 Å². The second-order valence-electron chi connectivity index (χ2n) is 7.63. The number of amides is 1. The average Bonchev–Trinajstić information content (AvgIpc) is 2.83. The molecule has 1 amide bonds. The molecule has 8 heteroatoms. The molecule has 32 heavy (non-hydrogen) atoms. The van der Waals surface area contributed by atoms with E-state index in [1.54, 1.807) is 12.1 Å². The monoisotopic (exact) mass is 454 g/mol. The summed E-state index contributed by atoms with van der Waals surface area (Å²) in [6, 6.07) is 20.0. The number of rotatable bonds is 7. The number of hydrogen-bond donors (Lipinski definition) is 1. The fourth-order valence-corrected chi connectivity index (χ4v) is 5.19. The third-order valence-electron chi connectivity index (χ3n) is 5.47. The van der Waals surface area contributed by atoms with Crippen molar-refractivity contribution in [1.29, 1.82) is 0 Å². The van der Waals surface area contributed by atoms with Crippen molar-refractivity contribution in [3.05, 3.63) is 72.3 Å². The van der Waals surface area contributed by atoms with E-state index in [-0.39, 0.29) is 23.5 Å². The Kier molecular flexibility index (Phi) is 6.74. The summed E-state index contributed by atoms with van der Waals surface area (Å²) in [6.07, 6.45) is 0. The van der Waals surface area contributed by atoms with E-state index in [1.165, 1.54) is 16.4 Å². The number of hydrogen-bond acceptors (Lipinski definition) is 5. The molecule has 0 saturated carbocycles. The summed E-state index contributed by atoms with van der Waals surface area (Å²) >= 11 is 0. The van der Waals surface area contributed by atoms with Gasteiger partial charge in [0.1, 0.15) is 5.75 Å². The molecule has 7 nitrogen and oxygen atoms in total. The Labute approximate surface area is 188 Å². The van der Waals surface area contributed by atoms with Gasteiger partial charge in [-0.3, -0.25) is 4.79 Å². The molecule has 1 aliphatic rings. The van der Waals surface area contributed by atoms with E-state index in [0.717, 1.165) is 16.3 Å². The number of sulfonamides is 1. The molecule has 3 aromatic rings. The van der Waals surface area contributed by atoms with Crippen LogP contribution >= 0.6 is 0 Å². The number of nitrogens with zero attached hydrogens (tertiary/aromatic N) is 1. The van der Waals surface area contributed by atoms with E-state index in [4.69, 9.17) is 9.47 Å². The highest BCUT2D eigenvalue weighted by Crippen LogP contribution is 2.24. The van der Waals surface area contributed by atoms with E-state index in [0.29, 0.717) is 32.1 Å². The number of fused-ring (bicyclic) bond motifs is 1. The lowest BCUT2D eigenvalue weighted by Gasteiger charge is -2.26. The van der Waals surface area contributed by atoms with Gasteiger partial charge < -0.3 is 14.8 Å². The van der Waals surface area contributed by atoms with Gasteiger partial charge in [-0.05, 0) is 47.5 Å². The Morgan fingerprint density at radius 1 is 1.03 bits per heavy atom. The molecule has 0 radical (unpaired) electrons. The van der Waals surface area contributed by atoms with Crippen molar-refractivity contribution in [2.75, 3.05) is 32.9 Å². The van der Waals surface area contributed by atoms with Crippen LogP contribution in [0.25, 0.3) is 10.8 Å². The molecule has 3 aromatic carbocycles. The van der Waals surface area contributed by atoms with Gasteiger partial charge in [-0.2, -0.15) is 4.31 Å². The molecule has 168 valence electrons. The van der Waals surface area contributed by atoms with Crippen LogP contribution in [0.15, 0.2) is 71.6 Å². The zero-order chi connectivity index (χ0) is 22.6. The van der Waals surface area contributed by atoms with Crippen LogP contribution in [0.3, 0.4) is 0 Å². The van der Waals surface area contributed by atoms with E-state index in [1.807, 2.05) is 49.4 Å². The smallest absolute Gasteiger partial charge is 0.258 e. The lowest BCUT2D eigenvalue weighted by molar-refractivity contribution is -0.123.